The largest absolute Gasteiger partial charge is 0.481 e. The molecular weight excluding hydrogens is 618 g/mol. The molecule has 8 N–H and O–H groups in total. The number of carbonyl (C=O) groups is 2. The lowest BCUT2D eigenvalue weighted by Crippen LogP contribution is -2.59. The first-order valence-electron chi connectivity index (χ1n) is 15.9. The summed E-state index contributed by atoms with van der Waals surface area (Å²) in [4.78, 5) is 24.5. The van der Waals surface area contributed by atoms with E-state index in [9.17, 15) is 40.2 Å². The number of hydrogen-bond acceptors (Lipinski definition) is 13. The van der Waals surface area contributed by atoms with Crippen molar-refractivity contribution in [2.45, 2.75) is 113 Å². The number of allylic oxidation sites excluding steroid dienone is 6. The Morgan fingerprint density at radius 2 is 1.62 bits per heavy atom. The van der Waals surface area contributed by atoms with Gasteiger partial charge in [-0.15, -0.1) is 0 Å². The third-order valence-electron chi connectivity index (χ3n) is 8.76. The van der Waals surface area contributed by atoms with E-state index >= 15 is 0 Å². The van der Waals surface area contributed by atoms with Crippen molar-refractivity contribution in [1.29, 1.82) is 0 Å². The van der Waals surface area contributed by atoms with Crippen molar-refractivity contribution in [3.8, 4) is 0 Å². The normalized spacial score (nSPS) is 47.2. The molecule has 0 amide bonds. The molecule has 3 fully saturated rings. The number of epoxide rings is 1. The minimum absolute atomic E-state index is 0.0726. The smallest absolute Gasteiger partial charge is 0.330 e. The lowest BCUT2D eigenvalue weighted by atomic mass is 9.83. The molecule has 0 aliphatic carbocycles. The fraction of sp³-hybridized carbons (Fsp3) is 0.636. The Bertz CT molecular complexity index is 1220. The molecule has 14 heteroatoms. The van der Waals surface area contributed by atoms with Crippen molar-refractivity contribution < 1.29 is 63.9 Å². The number of esters is 1. The molecule has 0 aromatic carbocycles. The fourth-order valence-electron chi connectivity index (χ4n) is 5.85. The number of carbonyl (C=O) groups excluding carboxylic acids is 1. The van der Waals surface area contributed by atoms with Crippen LogP contribution in [-0.4, -0.2) is 122 Å². The van der Waals surface area contributed by atoms with Gasteiger partial charge in [0.2, 0.25) is 0 Å². The molecule has 4 aliphatic heterocycles. The molecule has 5 unspecified atom stereocenters. The quantitative estimate of drug-likeness (QED) is 0.155. The van der Waals surface area contributed by atoms with Crippen LogP contribution < -0.4 is 5.73 Å². The number of aliphatic hydroxyl groups is 5. The van der Waals surface area contributed by atoms with Crippen LogP contribution in [0.4, 0.5) is 0 Å². The van der Waals surface area contributed by atoms with Crippen LogP contribution in [0.25, 0.3) is 0 Å². The number of carboxylic acids is 1. The Morgan fingerprint density at radius 1 is 0.936 bits per heavy atom. The molecule has 4 aliphatic rings. The summed E-state index contributed by atoms with van der Waals surface area (Å²) in [6, 6.07) is -1.06. The number of ether oxygens (including phenoxy) is 5. The zero-order valence-electron chi connectivity index (χ0n) is 26.4. The molecule has 0 aromatic heterocycles. The van der Waals surface area contributed by atoms with Crippen molar-refractivity contribution in [3.05, 3.63) is 60.8 Å². The number of aliphatic carboxylic acids is 1. The van der Waals surface area contributed by atoms with Gasteiger partial charge < -0.3 is 60.1 Å². The van der Waals surface area contributed by atoms with Gasteiger partial charge in [0.15, 0.2) is 12.1 Å². The average molecular weight is 666 g/mol. The van der Waals surface area contributed by atoms with E-state index in [1.807, 2.05) is 19.1 Å². The molecule has 4 heterocycles. The Hall–Kier alpha value is -2.76. The predicted octanol–water partition coefficient (Wildman–Crippen LogP) is -0.0228. The minimum atomic E-state index is -2.10. The van der Waals surface area contributed by atoms with Gasteiger partial charge in [0.05, 0.1) is 49.3 Å². The molecule has 14 atom stereocenters. The van der Waals surface area contributed by atoms with Crippen molar-refractivity contribution in [3.63, 3.8) is 0 Å². The Kier molecular flexibility index (Phi) is 13.1. The third-order valence-corrected chi connectivity index (χ3v) is 8.76. The maximum atomic E-state index is 12.3. The van der Waals surface area contributed by atoms with Crippen molar-refractivity contribution in [2.24, 2.45) is 17.6 Å². The molecule has 0 radical (unpaired) electrons. The number of hydrogen-bond donors (Lipinski definition) is 7. The van der Waals surface area contributed by atoms with E-state index in [1.54, 1.807) is 43.4 Å². The van der Waals surface area contributed by atoms with Gasteiger partial charge >= 0.3 is 11.9 Å². The van der Waals surface area contributed by atoms with Crippen molar-refractivity contribution >= 4 is 11.9 Å². The molecule has 0 spiro atoms. The van der Waals surface area contributed by atoms with Gasteiger partial charge in [-0.25, -0.2) is 4.79 Å². The van der Waals surface area contributed by atoms with Crippen LogP contribution >= 0.6 is 0 Å². The first-order valence-corrected chi connectivity index (χ1v) is 15.9. The highest BCUT2D eigenvalue weighted by atomic mass is 16.7. The van der Waals surface area contributed by atoms with Crippen LogP contribution in [0.15, 0.2) is 60.8 Å². The predicted molar refractivity (Wildman–Crippen MR) is 165 cm³/mol. The minimum Gasteiger partial charge on any atom is -0.481 e. The van der Waals surface area contributed by atoms with E-state index in [2.05, 4.69) is 0 Å². The molecule has 14 nitrogen and oxygen atoms in total. The summed E-state index contributed by atoms with van der Waals surface area (Å²) in [6.45, 7) is 3.50. The number of carboxylic acid groups (broad SMARTS) is 1. The summed E-state index contributed by atoms with van der Waals surface area (Å²) in [5, 5.41) is 63.5. The first-order chi connectivity index (χ1) is 22.3. The SMILES string of the molecule is C[C@H]1/C=C/C=C/C=C/C=C/C(OC2OC[C@@H](O)[C@H](N)[C@H]2O)C[C@@H]2OC(O)(CC(O)CC3O[C@@H]3/C=C/C(=O)O[C@@H]1C)C[C@H](O)[C@H]2C(=O)O. The van der Waals surface area contributed by atoms with Gasteiger partial charge in [-0.05, 0) is 13.0 Å². The summed E-state index contributed by atoms with van der Waals surface area (Å²) in [5.41, 5.74) is 5.89. The van der Waals surface area contributed by atoms with Gasteiger partial charge in [-0.1, -0.05) is 55.5 Å². The summed E-state index contributed by atoms with van der Waals surface area (Å²) in [6.07, 6.45) is 5.66. The second-order valence-corrected chi connectivity index (χ2v) is 12.6. The summed E-state index contributed by atoms with van der Waals surface area (Å²) in [5.74, 6) is -5.52. The highest BCUT2D eigenvalue weighted by Crippen LogP contribution is 2.39. The molecule has 3 saturated heterocycles. The van der Waals surface area contributed by atoms with Crippen LogP contribution in [-0.2, 0) is 33.3 Å². The summed E-state index contributed by atoms with van der Waals surface area (Å²) >= 11 is 0. The van der Waals surface area contributed by atoms with Gasteiger partial charge in [0.1, 0.15) is 24.2 Å². The van der Waals surface area contributed by atoms with Gasteiger partial charge in [-0.2, -0.15) is 0 Å². The zero-order chi connectivity index (χ0) is 34.3. The number of aliphatic hydroxyl groups excluding tert-OH is 4. The van der Waals surface area contributed by atoms with Crippen LogP contribution in [0, 0.1) is 11.8 Å². The lowest BCUT2D eigenvalue weighted by molar-refractivity contribution is -0.305. The summed E-state index contributed by atoms with van der Waals surface area (Å²) in [7, 11) is 0. The molecular formula is C33H47NO13. The monoisotopic (exact) mass is 665 g/mol. The highest BCUT2D eigenvalue weighted by Gasteiger charge is 2.51. The van der Waals surface area contributed by atoms with Gasteiger partial charge in [0.25, 0.3) is 0 Å². The van der Waals surface area contributed by atoms with Crippen LogP contribution in [0.3, 0.4) is 0 Å². The van der Waals surface area contributed by atoms with Gasteiger partial charge in [0, 0.05) is 37.7 Å². The standard InChI is InChI=1S/C33H47NO13/c1-18-9-7-5-3-4-6-8-10-21(45-32-30(39)29(34)23(37)17-43-32)14-26-28(31(40)41)22(36)16-33(42,47-26)15-20(35)13-25-24(46-25)11-12-27(38)44-19(18)2/h3-12,18-26,28-30,32,35-37,39,42H,13-17,34H2,1-2H3,(H,40,41)/b5-3+,6-4+,9-7+,10-8+,12-11+/t18-,19+,20?,21?,22-,23+,24+,25?,26-,28+,29-,30+,32?,33?/m0/s1. The third kappa shape index (κ3) is 10.6. The molecule has 4 rings (SSSR count). The van der Waals surface area contributed by atoms with E-state index in [1.165, 1.54) is 12.2 Å². The van der Waals surface area contributed by atoms with Crippen LogP contribution in [0.5, 0.6) is 0 Å². The van der Waals surface area contributed by atoms with Crippen molar-refractivity contribution in [2.75, 3.05) is 6.61 Å². The number of rotatable bonds is 3. The Balaban J connectivity index is 1.58. The van der Waals surface area contributed by atoms with Crippen LogP contribution in [0.1, 0.15) is 39.5 Å². The average Bonchev–Trinajstić information content (AvgIpc) is 3.73. The fourth-order valence-corrected chi connectivity index (χ4v) is 5.85. The van der Waals surface area contributed by atoms with Crippen LogP contribution in [0.2, 0.25) is 0 Å². The molecule has 0 aromatic rings. The van der Waals surface area contributed by atoms with E-state index in [-0.39, 0.29) is 31.8 Å². The molecule has 47 heavy (non-hydrogen) atoms. The molecule has 2 bridgehead atoms. The highest BCUT2D eigenvalue weighted by molar-refractivity contribution is 5.82. The summed E-state index contributed by atoms with van der Waals surface area (Å²) < 4.78 is 28.4. The lowest BCUT2D eigenvalue weighted by Gasteiger charge is -2.44. The topological polar surface area (TPSA) is 231 Å². The molecule has 262 valence electrons. The second kappa shape index (κ2) is 16.6. The number of fused-ring (bicyclic) bond motifs is 3. The first kappa shape index (κ1) is 37.1. The van der Waals surface area contributed by atoms with E-state index in [0.29, 0.717) is 0 Å². The van der Waals surface area contributed by atoms with E-state index in [4.69, 9.17) is 29.4 Å². The Labute approximate surface area is 273 Å². The zero-order valence-corrected chi connectivity index (χ0v) is 26.4. The van der Waals surface area contributed by atoms with E-state index in [0.717, 1.165) is 0 Å². The molecule has 0 saturated carbocycles. The maximum Gasteiger partial charge on any atom is 0.330 e. The Morgan fingerprint density at radius 3 is 2.32 bits per heavy atom. The van der Waals surface area contributed by atoms with Crippen molar-refractivity contribution in [1.82, 2.24) is 0 Å². The van der Waals surface area contributed by atoms with Gasteiger partial charge in [-0.3, -0.25) is 4.79 Å². The van der Waals surface area contributed by atoms with E-state index < -0.39 is 97.3 Å². The number of nitrogens with two attached hydrogens (primary N) is 1. The second-order valence-electron chi connectivity index (χ2n) is 12.6. The maximum absolute atomic E-state index is 12.3. The number of cyclic esters (lactones) is 1.